The number of alkyl halides is 1. The average molecular weight is 387 g/mol. The maximum absolute atomic E-state index is 12.3. The molecule has 3 aromatic rings. The summed E-state index contributed by atoms with van der Waals surface area (Å²) in [4.78, 5) is 23.9. The molecule has 1 aromatic heterocycles. The van der Waals surface area contributed by atoms with E-state index in [2.05, 4.69) is 20.8 Å². The van der Waals surface area contributed by atoms with E-state index in [-0.39, 0.29) is 11.8 Å². The molecule has 26 heavy (non-hydrogen) atoms. The Labute approximate surface area is 159 Å². The second-order valence-electron chi connectivity index (χ2n) is 5.42. The van der Waals surface area contributed by atoms with Crippen LogP contribution in [0.1, 0.15) is 17.3 Å². The molecular weight excluding hydrogens is 372 g/mol. The molecule has 0 fully saturated rings. The smallest absolute Gasteiger partial charge is 0.257 e. The molecule has 3 rings (SSSR count). The molecule has 0 spiro atoms. The predicted molar refractivity (Wildman–Crippen MR) is 104 cm³/mol. The van der Waals surface area contributed by atoms with E-state index in [0.29, 0.717) is 16.4 Å². The van der Waals surface area contributed by atoms with Gasteiger partial charge in [-0.3, -0.25) is 14.9 Å². The van der Waals surface area contributed by atoms with Crippen molar-refractivity contribution in [2.24, 2.45) is 0 Å². The summed E-state index contributed by atoms with van der Waals surface area (Å²) in [7, 11) is 0. The number of benzene rings is 2. The summed E-state index contributed by atoms with van der Waals surface area (Å²) in [6.07, 6.45) is 0. The highest BCUT2D eigenvalue weighted by Crippen LogP contribution is 2.26. The summed E-state index contributed by atoms with van der Waals surface area (Å²) < 4.78 is 0. The largest absolute Gasteiger partial charge is 0.325 e. The molecule has 132 valence electrons. The van der Waals surface area contributed by atoms with Crippen LogP contribution >= 0.6 is 22.9 Å². The molecule has 2 aromatic carbocycles. The molecule has 1 atom stereocenters. The van der Waals surface area contributed by atoms with Gasteiger partial charge in [-0.1, -0.05) is 41.7 Å². The Morgan fingerprint density at radius 1 is 1.00 bits per heavy atom. The van der Waals surface area contributed by atoms with Gasteiger partial charge < -0.3 is 5.32 Å². The SMILES string of the molecule is C[C@H](Cl)C(=O)Nc1ccc(C(=O)Nc2nnc(-c3ccccc3)s2)cc1. The van der Waals surface area contributed by atoms with E-state index >= 15 is 0 Å². The maximum atomic E-state index is 12.3. The summed E-state index contributed by atoms with van der Waals surface area (Å²) in [5.74, 6) is -0.601. The Kier molecular flexibility index (Phi) is 5.60. The molecule has 0 saturated carbocycles. The predicted octanol–water partition coefficient (Wildman–Crippen LogP) is 4.02. The minimum atomic E-state index is -0.630. The van der Waals surface area contributed by atoms with Crippen molar-refractivity contribution in [3.63, 3.8) is 0 Å². The number of rotatable bonds is 5. The van der Waals surface area contributed by atoms with Gasteiger partial charge >= 0.3 is 0 Å². The van der Waals surface area contributed by atoms with Gasteiger partial charge in [0.05, 0.1) is 0 Å². The molecule has 8 heteroatoms. The number of amides is 2. The van der Waals surface area contributed by atoms with Crippen molar-refractivity contribution < 1.29 is 9.59 Å². The highest BCUT2D eigenvalue weighted by Gasteiger charge is 2.12. The zero-order valence-electron chi connectivity index (χ0n) is 13.8. The van der Waals surface area contributed by atoms with Crippen molar-refractivity contribution in [3.05, 3.63) is 60.2 Å². The van der Waals surface area contributed by atoms with Crippen LogP contribution in [0.2, 0.25) is 0 Å². The minimum absolute atomic E-state index is 0.300. The summed E-state index contributed by atoms with van der Waals surface area (Å²) in [6, 6.07) is 16.1. The van der Waals surface area contributed by atoms with Crippen LogP contribution in [0.3, 0.4) is 0 Å². The van der Waals surface area contributed by atoms with Crippen molar-refractivity contribution in [1.82, 2.24) is 10.2 Å². The fraction of sp³-hybridized carbons (Fsp3) is 0.111. The van der Waals surface area contributed by atoms with Crippen LogP contribution in [0, 0.1) is 0 Å². The zero-order valence-corrected chi connectivity index (χ0v) is 15.3. The summed E-state index contributed by atoms with van der Waals surface area (Å²) >= 11 is 7.01. The Morgan fingerprint density at radius 3 is 2.35 bits per heavy atom. The third-order valence-electron chi connectivity index (χ3n) is 3.44. The Balaban J connectivity index is 1.65. The number of carbonyl (C=O) groups is 2. The first-order valence-electron chi connectivity index (χ1n) is 7.78. The van der Waals surface area contributed by atoms with E-state index < -0.39 is 5.38 Å². The lowest BCUT2D eigenvalue weighted by molar-refractivity contribution is -0.115. The topological polar surface area (TPSA) is 84.0 Å². The lowest BCUT2D eigenvalue weighted by Gasteiger charge is -2.07. The van der Waals surface area contributed by atoms with E-state index in [4.69, 9.17) is 11.6 Å². The van der Waals surface area contributed by atoms with Gasteiger partial charge in [0.25, 0.3) is 5.91 Å². The number of hydrogen-bond donors (Lipinski definition) is 2. The van der Waals surface area contributed by atoms with Gasteiger partial charge in [-0.2, -0.15) is 0 Å². The van der Waals surface area contributed by atoms with Crippen LogP contribution in [0.4, 0.5) is 10.8 Å². The van der Waals surface area contributed by atoms with Crippen LogP contribution in [0.15, 0.2) is 54.6 Å². The van der Waals surface area contributed by atoms with Crippen molar-refractivity contribution >= 4 is 45.6 Å². The molecule has 1 heterocycles. The summed E-state index contributed by atoms with van der Waals surface area (Å²) in [5, 5.41) is 14.0. The Morgan fingerprint density at radius 2 is 1.69 bits per heavy atom. The first kappa shape index (κ1) is 18.0. The molecule has 0 saturated heterocycles. The average Bonchev–Trinajstić information content (AvgIpc) is 3.11. The normalized spacial score (nSPS) is 11.6. The monoisotopic (exact) mass is 386 g/mol. The van der Waals surface area contributed by atoms with E-state index in [9.17, 15) is 9.59 Å². The quantitative estimate of drug-likeness (QED) is 0.648. The van der Waals surface area contributed by atoms with Crippen molar-refractivity contribution in [2.45, 2.75) is 12.3 Å². The number of aromatic nitrogens is 2. The zero-order chi connectivity index (χ0) is 18.5. The van der Waals surface area contributed by atoms with Crippen LogP contribution in [0.5, 0.6) is 0 Å². The van der Waals surface area contributed by atoms with Crippen LogP contribution in [-0.2, 0) is 4.79 Å². The van der Waals surface area contributed by atoms with Crippen molar-refractivity contribution in [3.8, 4) is 10.6 Å². The molecule has 0 unspecified atom stereocenters. The first-order valence-corrected chi connectivity index (χ1v) is 9.03. The van der Waals surface area contributed by atoms with Crippen LogP contribution in [0.25, 0.3) is 10.6 Å². The molecule has 2 N–H and O–H groups in total. The third kappa shape index (κ3) is 4.44. The molecule has 0 aliphatic heterocycles. The second kappa shape index (κ2) is 8.07. The van der Waals surface area contributed by atoms with Gasteiger partial charge in [0.2, 0.25) is 11.0 Å². The van der Waals surface area contributed by atoms with Crippen molar-refractivity contribution in [2.75, 3.05) is 10.6 Å². The van der Waals surface area contributed by atoms with Gasteiger partial charge in [0, 0.05) is 16.8 Å². The number of hydrogen-bond acceptors (Lipinski definition) is 5. The van der Waals surface area contributed by atoms with Crippen LogP contribution in [-0.4, -0.2) is 27.4 Å². The number of anilines is 2. The highest BCUT2D eigenvalue weighted by atomic mass is 35.5. The molecule has 2 amide bonds. The van der Waals surface area contributed by atoms with Gasteiger partial charge in [0.15, 0.2) is 0 Å². The molecule has 0 aliphatic rings. The van der Waals surface area contributed by atoms with E-state index in [1.54, 1.807) is 31.2 Å². The number of nitrogens with zero attached hydrogens (tertiary/aromatic N) is 2. The summed E-state index contributed by atoms with van der Waals surface area (Å²) in [6.45, 7) is 1.59. The third-order valence-corrected chi connectivity index (χ3v) is 4.53. The fourth-order valence-electron chi connectivity index (χ4n) is 2.09. The Hall–Kier alpha value is -2.77. The second-order valence-corrected chi connectivity index (χ2v) is 7.05. The van der Waals surface area contributed by atoms with E-state index in [0.717, 1.165) is 10.6 Å². The molecule has 0 bridgehead atoms. The number of halogens is 1. The highest BCUT2D eigenvalue weighted by molar-refractivity contribution is 7.18. The fourth-order valence-corrected chi connectivity index (χ4v) is 2.89. The minimum Gasteiger partial charge on any atom is -0.325 e. The first-order chi connectivity index (χ1) is 12.5. The summed E-state index contributed by atoms with van der Waals surface area (Å²) in [5.41, 5.74) is 1.96. The lowest BCUT2D eigenvalue weighted by Crippen LogP contribution is -2.20. The molecular formula is C18H15ClN4O2S. The van der Waals surface area contributed by atoms with E-state index in [1.165, 1.54) is 11.3 Å². The molecule has 0 radical (unpaired) electrons. The number of carbonyl (C=O) groups excluding carboxylic acids is 2. The van der Waals surface area contributed by atoms with Gasteiger partial charge in [0.1, 0.15) is 10.4 Å². The van der Waals surface area contributed by atoms with Crippen LogP contribution < -0.4 is 10.6 Å². The van der Waals surface area contributed by atoms with Gasteiger partial charge in [-0.05, 0) is 31.2 Å². The van der Waals surface area contributed by atoms with Gasteiger partial charge in [-0.25, -0.2) is 0 Å². The standard InChI is InChI=1S/C18H15ClN4O2S/c1-11(19)15(24)20-14-9-7-12(8-10-14)16(25)21-18-23-22-17(26-18)13-5-3-2-4-6-13/h2-11H,1H3,(H,20,24)(H,21,23,25)/t11-/m0/s1. The molecule has 0 aliphatic carbocycles. The van der Waals surface area contributed by atoms with Gasteiger partial charge in [-0.15, -0.1) is 21.8 Å². The Bertz CT molecular complexity index is 910. The number of nitrogens with one attached hydrogen (secondary N) is 2. The lowest BCUT2D eigenvalue weighted by atomic mass is 10.2. The molecule has 6 nitrogen and oxygen atoms in total. The maximum Gasteiger partial charge on any atom is 0.257 e. The van der Waals surface area contributed by atoms with Crippen molar-refractivity contribution in [1.29, 1.82) is 0 Å². The van der Waals surface area contributed by atoms with E-state index in [1.807, 2.05) is 30.3 Å².